The van der Waals surface area contributed by atoms with Crippen LogP contribution in [-0.4, -0.2) is 34.6 Å². The van der Waals surface area contributed by atoms with Gasteiger partial charge in [0.15, 0.2) is 0 Å². The molecule has 1 unspecified atom stereocenters. The molecule has 1 aliphatic carbocycles. The molecular formula is C31H34Cl2N2O2S. The first kappa shape index (κ1) is 28.5. The number of halogens is 2. The number of nitrogens with zero attached hydrogens (tertiary/aromatic N) is 1. The summed E-state index contributed by atoms with van der Waals surface area (Å²) in [5, 5.41) is 4.61. The fourth-order valence-electron chi connectivity index (χ4n) is 4.83. The Morgan fingerprint density at radius 2 is 1.55 bits per heavy atom. The summed E-state index contributed by atoms with van der Waals surface area (Å²) in [5.74, 6) is 0.717. The van der Waals surface area contributed by atoms with Crippen molar-refractivity contribution >= 4 is 46.8 Å². The van der Waals surface area contributed by atoms with Crippen LogP contribution in [0.25, 0.3) is 0 Å². The van der Waals surface area contributed by atoms with E-state index < -0.39 is 6.04 Å². The van der Waals surface area contributed by atoms with Crippen molar-refractivity contribution in [3.05, 3.63) is 106 Å². The Hall–Kier alpha value is -2.47. The number of benzene rings is 3. The lowest BCUT2D eigenvalue weighted by atomic mass is 9.94. The SMILES string of the molecule is O=C(NC1CCCCC1)C(Cc1ccccc1)N(Cc1ccc(Cl)cc1)C(=O)CSCc1ccccc1Cl. The van der Waals surface area contributed by atoms with Gasteiger partial charge in [0.25, 0.3) is 0 Å². The van der Waals surface area contributed by atoms with Crippen molar-refractivity contribution in [2.24, 2.45) is 0 Å². The Morgan fingerprint density at radius 1 is 0.868 bits per heavy atom. The monoisotopic (exact) mass is 568 g/mol. The number of nitrogens with one attached hydrogen (secondary N) is 1. The van der Waals surface area contributed by atoms with Gasteiger partial charge in [0.1, 0.15) is 6.04 Å². The maximum atomic E-state index is 13.8. The lowest BCUT2D eigenvalue weighted by Crippen LogP contribution is -2.53. The first-order valence-corrected chi connectivity index (χ1v) is 15.1. The van der Waals surface area contributed by atoms with Crippen molar-refractivity contribution in [1.82, 2.24) is 10.2 Å². The summed E-state index contributed by atoms with van der Waals surface area (Å²) in [4.78, 5) is 29.3. The van der Waals surface area contributed by atoms with E-state index in [1.165, 1.54) is 18.2 Å². The van der Waals surface area contributed by atoms with Crippen molar-refractivity contribution < 1.29 is 9.59 Å². The zero-order valence-corrected chi connectivity index (χ0v) is 23.8. The molecule has 0 radical (unpaired) electrons. The van der Waals surface area contributed by atoms with Crippen LogP contribution < -0.4 is 5.32 Å². The predicted molar refractivity (Wildman–Crippen MR) is 159 cm³/mol. The minimum absolute atomic E-state index is 0.0725. The smallest absolute Gasteiger partial charge is 0.243 e. The summed E-state index contributed by atoms with van der Waals surface area (Å²) in [5.41, 5.74) is 2.95. The minimum atomic E-state index is -0.622. The number of rotatable bonds is 11. The van der Waals surface area contributed by atoms with Crippen LogP contribution >= 0.6 is 35.0 Å². The summed E-state index contributed by atoms with van der Waals surface area (Å²) in [7, 11) is 0. The lowest BCUT2D eigenvalue weighted by molar-refractivity contribution is -0.139. The third-order valence-corrected chi connectivity index (χ3v) is 8.52. The van der Waals surface area contributed by atoms with E-state index in [9.17, 15) is 9.59 Å². The van der Waals surface area contributed by atoms with E-state index in [0.29, 0.717) is 28.8 Å². The highest BCUT2D eigenvalue weighted by molar-refractivity contribution is 7.99. The Bertz CT molecular complexity index is 1180. The number of hydrogen-bond acceptors (Lipinski definition) is 3. The first-order chi connectivity index (χ1) is 18.5. The van der Waals surface area contributed by atoms with Gasteiger partial charge < -0.3 is 10.2 Å². The Labute approximate surface area is 240 Å². The van der Waals surface area contributed by atoms with Crippen LogP contribution in [0.2, 0.25) is 10.0 Å². The largest absolute Gasteiger partial charge is 0.352 e. The second-order valence-corrected chi connectivity index (χ2v) is 11.6. The van der Waals surface area contributed by atoms with Crippen molar-refractivity contribution in [2.45, 2.75) is 62.9 Å². The van der Waals surface area contributed by atoms with Crippen LogP contribution in [0.3, 0.4) is 0 Å². The third kappa shape index (κ3) is 8.52. The minimum Gasteiger partial charge on any atom is -0.352 e. The molecule has 3 aromatic rings. The molecule has 0 spiro atoms. The quantitative estimate of drug-likeness (QED) is 0.263. The normalized spacial score (nSPS) is 14.6. The zero-order chi connectivity index (χ0) is 26.7. The fraction of sp³-hybridized carbons (Fsp3) is 0.355. The standard InChI is InChI=1S/C31H34Cl2N2O2S/c32-26-17-15-24(16-18-26)20-35(30(36)22-38-21-25-11-7-8-14-28(25)33)29(19-23-9-3-1-4-10-23)31(37)34-27-12-5-2-6-13-27/h1,3-4,7-11,14-18,27,29H,2,5-6,12-13,19-22H2,(H,34,37). The number of carbonyl (C=O) groups is 2. The summed E-state index contributed by atoms with van der Waals surface area (Å²) in [6, 6.07) is 24.6. The molecule has 1 saturated carbocycles. The van der Waals surface area contributed by atoms with Crippen LogP contribution in [0.4, 0.5) is 0 Å². The van der Waals surface area contributed by atoms with Gasteiger partial charge in [-0.05, 0) is 47.7 Å². The Morgan fingerprint density at radius 3 is 2.26 bits per heavy atom. The van der Waals surface area contributed by atoms with Crippen LogP contribution in [0.1, 0.15) is 48.8 Å². The zero-order valence-electron chi connectivity index (χ0n) is 21.5. The van der Waals surface area contributed by atoms with Crippen molar-refractivity contribution in [1.29, 1.82) is 0 Å². The molecule has 3 aromatic carbocycles. The number of hydrogen-bond donors (Lipinski definition) is 1. The maximum absolute atomic E-state index is 13.8. The topological polar surface area (TPSA) is 49.4 Å². The van der Waals surface area contributed by atoms with Crippen molar-refractivity contribution in [3.63, 3.8) is 0 Å². The van der Waals surface area contributed by atoms with Gasteiger partial charge in [0.05, 0.1) is 5.75 Å². The van der Waals surface area contributed by atoms with Crippen molar-refractivity contribution in [3.8, 4) is 0 Å². The van der Waals surface area contributed by atoms with Gasteiger partial charge in [-0.15, -0.1) is 11.8 Å². The summed E-state index contributed by atoms with van der Waals surface area (Å²) >= 11 is 14.0. The molecule has 4 rings (SSSR count). The molecule has 1 fully saturated rings. The van der Waals surface area contributed by atoms with Crippen LogP contribution in [-0.2, 0) is 28.3 Å². The van der Waals surface area contributed by atoms with E-state index in [2.05, 4.69) is 5.32 Å². The first-order valence-electron chi connectivity index (χ1n) is 13.2. The van der Waals surface area contributed by atoms with E-state index in [1.807, 2.05) is 78.9 Å². The van der Waals surface area contributed by atoms with E-state index >= 15 is 0 Å². The molecule has 4 nitrogen and oxygen atoms in total. The van der Waals surface area contributed by atoms with Gasteiger partial charge >= 0.3 is 0 Å². The molecular weight excluding hydrogens is 535 g/mol. The summed E-state index contributed by atoms with van der Waals surface area (Å²) in [6.45, 7) is 0.332. The maximum Gasteiger partial charge on any atom is 0.243 e. The number of amides is 2. The second-order valence-electron chi connectivity index (χ2n) is 9.78. The fourth-order valence-corrected chi connectivity index (χ4v) is 6.15. The second kappa shape index (κ2) is 14.6. The molecule has 0 aliphatic heterocycles. The number of carbonyl (C=O) groups excluding carboxylic acids is 2. The van der Waals surface area contributed by atoms with E-state index in [4.69, 9.17) is 23.2 Å². The molecule has 1 aliphatic rings. The van der Waals surface area contributed by atoms with Crippen LogP contribution in [0, 0.1) is 0 Å². The Kier molecular flexibility index (Phi) is 11.0. The van der Waals surface area contributed by atoms with Crippen LogP contribution in [0.15, 0.2) is 78.9 Å². The Balaban J connectivity index is 1.56. The summed E-state index contributed by atoms with van der Waals surface area (Å²) < 4.78 is 0. The molecule has 0 aromatic heterocycles. The molecule has 0 heterocycles. The predicted octanol–water partition coefficient (Wildman–Crippen LogP) is 7.32. The molecule has 7 heteroatoms. The van der Waals surface area contributed by atoms with E-state index in [0.717, 1.165) is 42.4 Å². The molecule has 38 heavy (non-hydrogen) atoms. The third-order valence-electron chi connectivity index (χ3n) is 6.93. The molecule has 2 amide bonds. The van der Waals surface area contributed by atoms with Gasteiger partial charge in [-0.25, -0.2) is 0 Å². The molecule has 1 N–H and O–H groups in total. The molecule has 0 saturated heterocycles. The van der Waals surface area contributed by atoms with Gasteiger partial charge in [0, 0.05) is 34.8 Å². The van der Waals surface area contributed by atoms with Crippen molar-refractivity contribution in [2.75, 3.05) is 5.75 Å². The van der Waals surface area contributed by atoms with E-state index in [1.54, 1.807) is 4.90 Å². The van der Waals surface area contributed by atoms with Gasteiger partial charge in [-0.3, -0.25) is 9.59 Å². The van der Waals surface area contributed by atoms with Gasteiger partial charge in [-0.1, -0.05) is 103 Å². The molecule has 200 valence electrons. The molecule has 1 atom stereocenters. The average molecular weight is 570 g/mol. The highest BCUT2D eigenvalue weighted by Gasteiger charge is 2.31. The lowest BCUT2D eigenvalue weighted by Gasteiger charge is -2.33. The average Bonchev–Trinajstić information content (AvgIpc) is 2.94. The van der Waals surface area contributed by atoms with E-state index in [-0.39, 0.29) is 23.6 Å². The van der Waals surface area contributed by atoms with Crippen LogP contribution in [0.5, 0.6) is 0 Å². The highest BCUT2D eigenvalue weighted by Crippen LogP contribution is 2.24. The van der Waals surface area contributed by atoms with Gasteiger partial charge in [0.2, 0.25) is 11.8 Å². The summed E-state index contributed by atoms with van der Waals surface area (Å²) in [6.07, 6.45) is 5.89. The molecule has 0 bridgehead atoms. The van der Waals surface area contributed by atoms with Gasteiger partial charge in [-0.2, -0.15) is 0 Å². The highest BCUT2D eigenvalue weighted by atomic mass is 35.5. The number of thioether (sulfide) groups is 1.